The summed E-state index contributed by atoms with van der Waals surface area (Å²) in [5.41, 5.74) is 0. The number of hydrogen-bond donors (Lipinski definition) is 0. The lowest BCUT2D eigenvalue weighted by Gasteiger charge is -2.36. The van der Waals surface area contributed by atoms with Gasteiger partial charge in [0, 0.05) is 0 Å². The molecule has 1 aliphatic rings. The van der Waals surface area contributed by atoms with Crippen LogP contribution < -0.4 is 0 Å². The Balaban J connectivity index is 2.62. The van der Waals surface area contributed by atoms with Crippen LogP contribution in [-0.2, 0) is 9.53 Å². The highest BCUT2D eigenvalue weighted by molar-refractivity contribution is 5.85. The van der Waals surface area contributed by atoms with Gasteiger partial charge in [-0.15, -0.1) is 0 Å². The summed E-state index contributed by atoms with van der Waals surface area (Å²) in [5.74, 6) is 0.781. The Morgan fingerprint density at radius 2 is 2.13 bits per heavy atom. The Bertz CT molecular complexity index is 267. The van der Waals surface area contributed by atoms with Gasteiger partial charge in [0.25, 0.3) is 0 Å². The molecule has 1 saturated carbocycles. The zero-order valence-electron chi connectivity index (χ0n) is 9.69. The van der Waals surface area contributed by atoms with Crippen molar-refractivity contribution in [3.63, 3.8) is 0 Å². The van der Waals surface area contributed by atoms with Crippen LogP contribution in [0.4, 0.5) is 0 Å². The minimum absolute atomic E-state index is 0.0547. The predicted molar refractivity (Wildman–Crippen MR) is 56.8 cm³/mol. The highest BCUT2D eigenvalue weighted by Crippen LogP contribution is 2.35. The normalized spacial score (nSPS) is 31.0. The molecule has 0 amide bonds. The first-order valence-corrected chi connectivity index (χ1v) is 5.65. The summed E-state index contributed by atoms with van der Waals surface area (Å²) >= 11 is 0. The Morgan fingerprint density at radius 3 is 2.67 bits per heavy atom. The van der Waals surface area contributed by atoms with E-state index in [1.807, 2.05) is 0 Å². The third-order valence-electron chi connectivity index (χ3n) is 3.31. The zero-order valence-corrected chi connectivity index (χ0v) is 9.69. The Labute approximate surface area is 91.4 Å². The van der Waals surface area contributed by atoms with Crippen molar-refractivity contribution in [3.05, 3.63) is 0 Å². The molecule has 1 fully saturated rings. The van der Waals surface area contributed by atoms with Crippen molar-refractivity contribution in [2.24, 2.45) is 17.8 Å². The molecule has 0 N–H and O–H groups in total. The maximum absolute atomic E-state index is 11.0. The Kier molecular flexibility index (Phi) is 4.14. The molecule has 0 spiro atoms. The van der Waals surface area contributed by atoms with Crippen LogP contribution in [0, 0.1) is 29.1 Å². The summed E-state index contributed by atoms with van der Waals surface area (Å²) < 4.78 is 5.18. The first-order valence-electron chi connectivity index (χ1n) is 5.65. The first-order chi connectivity index (χ1) is 7.04. The molecule has 0 aromatic carbocycles. The van der Waals surface area contributed by atoms with Crippen LogP contribution in [0.2, 0.25) is 0 Å². The van der Waals surface area contributed by atoms with Crippen LogP contribution in [0.1, 0.15) is 40.0 Å². The standard InChI is InChI=1S/C12H19NO2/c1-8(2)10-5-4-9(3)6-11(10)15-12(14)7-13/h8-11H,4-6H2,1-3H3. The molecule has 1 rings (SSSR count). The van der Waals surface area contributed by atoms with Gasteiger partial charge < -0.3 is 4.74 Å². The molecule has 3 heteroatoms. The fraction of sp³-hybridized carbons (Fsp3) is 0.833. The Morgan fingerprint density at radius 1 is 1.47 bits per heavy atom. The number of nitrogens with zero attached hydrogens (tertiary/aromatic N) is 1. The number of nitriles is 1. The van der Waals surface area contributed by atoms with E-state index in [4.69, 9.17) is 10.00 Å². The Hall–Kier alpha value is -1.04. The van der Waals surface area contributed by atoms with Crippen LogP contribution >= 0.6 is 0 Å². The van der Waals surface area contributed by atoms with E-state index in [0.29, 0.717) is 17.8 Å². The second kappa shape index (κ2) is 5.16. The molecule has 0 aliphatic heterocycles. The van der Waals surface area contributed by atoms with E-state index in [-0.39, 0.29) is 6.10 Å². The lowest BCUT2D eigenvalue weighted by molar-refractivity contribution is -0.148. The van der Waals surface area contributed by atoms with Gasteiger partial charge in [0.2, 0.25) is 0 Å². The van der Waals surface area contributed by atoms with Crippen molar-refractivity contribution in [1.82, 2.24) is 0 Å². The minimum Gasteiger partial charge on any atom is -0.451 e. The zero-order chi connectivity index (χ0) is 11.4. The summed E-state index contributed by atoms with van der Waals surface area (Å²) in [6.07, 6.45) is 3.14. The maximum atomic E-state index is 11.0. The summed E-state index contributed by atoms with van der Waals surface area (Å²) in [7, 11) is 0. The van der Waals surface area contributed by atoms with E-state index >= 15 is 0 Å². The molecule has 15 heavy (non-hydrogen) atoms. The fourth-order valence-electron chi connectivity index (χ4n) is 2.41. The molecular formula is C12H19NO2. The number of carbonyl (C=O) groups excluding carboxylic acids is 1. The van der Waals surface area contributed by atoms with Crippen LogP contribution in [0.3, 0.4) is 0 Å². The molecule has 0 heterocycles. The number of hydrogen-bond acceptors (Lipinski definition) is 3. The van der Waals surface area contributed by atoms with Crippen LogP contribution in [0.25, 0.3) is 0 Å². The average molecular weight is 209 g/mol. The number of ether oxygens (including phenoxy) is 1. The summed E-state index contributed by atoms with van der Waals surface area (Å²) in [6.45, 7) is 6.46. The molecule has 0 radical (unpaired) electrons. The number of esters is 1. The molecule has 0 bridgehead atoms. The predicted octanol–water partition coefficient (Wildman–Crippen LogP) is 2.51. The number of rotatable bonds is 2. The summed E-state index contributed by atoms with van der Waals surface area (Å²) in [4.78, 5) is 11.0. The van der Waals surface area contributed by atoms with Gasteiger partial charge >= 0.3 is 5.97 Å². The molecule has 3 nitrogen and oxygen atoms in total. The molecule has 0 saturated heterocycles. The second-order valence-electron chi connectivity index (χ2n) is 4.88. The average Bonchev–Trinajstić information content (AvgIpc) is 2.17. The van der Waals surface area contributed by atoms with Gasteiger partial charge in [-0.25, -0.2) is 4.79 Å². The topological polar surface area (TPSA) is 50.1 Å². The SMILES string of the molecule is CC1CCC(C(C)C)C(OC(=O)C#N)C1. The molecule has 3 unspecified atom stereocenters. The van der Waals surface area contributed by atoms with Gasteiger partial charge in [0.1, 0.15) is 6.10 Å². The first kappa shape index (κ1) is 12.0. The second-order valence-corrected chi connectivity index (χ2v) is 4.88. The largest absolute Gasteiger partial charge is 0.451 e. The third kappa shape index (κ3) is 3.23. The van der Waals surface area contributed by atoms with E-state index in [2.05, 4.69) is 20.8 Å². The number of carbonyl (C=O) groups is 1. The molecule has 0 aromatic rings. The van der Waals surface area contributed by atoms with E-state index in [9.17, 15) is 4.79 Å². The lowest BCUT2D eigenvalue weighted by Crippen LogP contribution is -2.35. The molecule has 0 aromatic heterocycles. The van der Waals surface area contributed by atoms with Crippen molar-refractivity contribution in [1.29, 1.82) is 5.26 Å². The van der Waals surface area contributed by atoms with E-state index < -0.39 is 5.97 Å². The highest BCUT2D eigenvalue weighted by Gasteiger charge is 2.33. The third-order valence-corrected chi connectivity index (χ3v) is 3.31. The van der Waals surface area contributed by atoms with Gasteiger partial charge in [0.15, 0.2) is 6.07 Å². The van der Waals surface area contributed by atoms with Crippen molar-refractivity contribution in [2.75, 3.05) is 0 Å². The van der Waals surface area contributed by atoms with Crippen molar-refractivity contribution in [3.8, 4) is 6.07 Å². The van der Waals surface area contributed by atoms with Crippen molar-refractivity contribution < 1.29 is 9.53 Å². The van der Waals surface area contributed by atoms with E-state index in [1.54, 1.807) is 0 Å². The summed E-state index contributed by atoms with van der Waals surface area (Å²) in [6, 6.07) is 1.53. The minimum atomic E-state index is -0.736. The van der Waals surface area contributed by atoms with Crippen LogP contribution in [-0.4, -0.2) is 12.1 Å². The van der Waals surface area contributed by atoms with E-state index in [0.717, 1.165) is 12.8 Å². The van der Waals surface area contributed by atoms with E-state index in [1.165, 1.54) is 12.5 Å². The summed E-state index contributed by atoms with van der Waals surface area (Å²) in [5, 5.41) is 8.43. The highest BCUT2D eigenvalue weighted by atomic mass is 16.5. The van der Waals surface area contributed by atoms with Gasteiger partial charge in [-0.2, -0.15) is 5.26 Å². The smallest absolute Gasteiger partial charge is 0.411 e. The maximum Gasteiger partial charge on any atom is 0.411 e. The molecular weight excluding hydrogens is 190 g/mol. The van der Waals surface area contributed by atoms with Gasteiger partial charge in [-0.05, 0) is 30.6 Å². The quantitative estimate of drug-likeness (QED) is 0.518. The van der Waals surface area contributed by atoms with Crippen molar-refractivity contribution in [2.45, 2.75) is 46.1 Å². The molecule has 84 valence electrons. The van der Waals surface area contributed by atoms with Crippen LogP contribution in [0.15, 0.2) is 0 Å². The van der Waals surface area contributed by atoms with Gasteiger partial charge in [-0.3, -0.25) is 0 Å². The van der Waals surface area contributed by atoms with Crippen LogP contribution in [0.5, 0.6) is 0 Å². The van der Waals surface area contributed by atoms with Gasteiger partial charge in [-0.1, -0.05) is 27.2 Å². The lowest BCUT2D eigenvalue weighted by atomic mass is 9.75. The molecule has 3 atom stereocenters. The molecule has 1 aliphatic carbocycles. The fourth-order valence-corrected chi connectivity index (χ4v) is 2.41. The monoisotopic (exact) mass is 209 g/mol. The van der Waals surface area contributed by atoms with Crippen molar-refractivity contribution >= 4 is 5.97 Å². The van der Waals surface area contributed by atoms with Gasteiger partial charge in [0.05, 0.1) is 0 Å².